The fourth-order valence-corrected chi connectivity index (χ4v) is 5.06. The van der Waals surface area contributed by atoms with E-state index in [4.69, 9.17) is 15.0 Å². The Morgan fingerprint density at radius 3 is 2.57 bits per heavy atom. The van der Waals surface area contributed by atoms with Gasteiger partial charge in [0.15, 0.2) is 5.65 Å². The van der Waals surface area contributed by atoms with Crippen molar-refractivity contribution in [1.82, 2.24) is 19.7 Å². The molecule has 3 heterocycles. The molecule has 0 aliphatic rings. The summed E-state index contributed by atoms with van der Waals surface area (Å²) >= 11 is 1.72. The van der Waals surface area contributed by atoms with Gasteiger partial charge < -0.3 is 9.64 Å². The van der Waals surface area contributed by atoms with Crippen LogP contribution < -0.4 is 0 Å². The lowest BCUT2D eigenvalue weighted by Gasteiger charge is -2.23. The van der Waals surface area contributed by atoms with E-state index in [-0.39, 0.29) is 11.9 Å². The van der Waals surface area contributed by atoms with E-state index < -0.39 is 0 Å². The number of nitrogens with zero attached hydrogens (tertiary/aromatic N) is 5. The molecule has 0 N–H and O–H groups in total. The zero-order chi connectivity index (χ0) is 25.1. The van der Waals surface area contributed by atoms with Gasteiger partial charge in [-0.1, -0.05) is 12.1 Å². The van der Waals surface area contributed by atoms with E-state index in [9.17, 15) is 4.79 Å². The third-order valence-corrected chi connectivity index (χ3v) is 6.88. The molecule has 0 aliphatic heterocycles. The molecule has 0 saturated heterocycles. The first-order valence-electron chi connectivity index (χ1n) is 11.5. The minimum absolute atomic E-state index is 0.103. The van der Waals surface area contributed by atoms with Crippen molar-refractivity contribution in [3.8, 4) is 17.3 Å². The largest absolute Gasteiger partial charge is 0.383 e. The zero-order valence-corrected chi connectivity index (χ0v) is 21.5. The summed E-state index contributed by atoms with van der Waals surface area (Å²) < 4.78 is 7.17. The van der Waals surface area contributed by atoms with Crippen LogP contribution in [0.5, 0.6) is 0 Å². The number of carbonyl (C=O) groups is 1. The highest BCUT2D eigenvalue weighted by Crippen LogP contribution is 2.33. The molecule has 0 saturated carbocycles. The molecule has 7 nitrogen and oxygen atoms in total. The number of thiophene rings is 1. The summed E-state index contributed by atoms with van der Waals surface area (Å²) in [6.45, 7) is 9.52. The molecule has 0 radical (unpaired) electrons. The predicted molar refractivity (Wildman–Crippen MR) is 138 cm³/mol. The second kappa shape index (κ2) is 10.4. The van der Waals surface area contributed by atoms with Crippen molar-refractivity contribution >= 4 is 28.3 Å². The maximum absolute atomic E-state index is 14.0. The molecule has 4 aromatic rings. The highest BCUT2D eigenvalue weighted by atomic mass is 32.1. The second-order valence-electron chi connectivity index (χ2n) is 8.83. The van der Waals surface area contributed by atoms with Crippen LogP contribution in [-0.4, -0.2) is 45.8 Å². The number of hydrogen-bond donors (Lipinski definition) is 0. The number of aromatic nitrogens is 3. The molecule has 3 aromatic heterocycles. The summed E-state index contributed by atoms with van der Waals surface area (Å²) in [6, 6.07) is 13.6. The van der Waals surface area contributed by atoms with Crippen LogP contribution in [0.1, 0.15) is 51.1 Å². The van der Waals surface area contributed by atoms with Crippen LogP contribution in [0.3, 0.4) is 0 Å². The van der Waals surface area contributed by atoms with Crippen LogP contribution in [0.15, 0.2) is 42.6 Å². The summed E-state index contributed by atoms with van der Waals surface area (Å²) in [5.41, 5.74) is 4.62. The summed E-state index contributed by atoms with van der Waals surface area (Å²) in [5, 5.41) is 14.4. The molecule has 0 fully saturated rings. The van der Waals surface area contributed by atoms with Crippen molar-refractivity contribution in [2.45, 2.75) is 40.3 Å². The first-order valence-corrected chi connectivity index (χ1v) is 12.4. The quantitative estimate of drug-likeness (QED) is 0.327. The van der Waals surface area contributed by atoms with Crippen molar-refractivity contribution in [2.24, 2.45) is 0 Å². The van der Waals surface area contributed by atoms with E-state index >= 15 is 0 Å². The van der Waals surface area contributed by atoms with Crippen molar-refractivity contribution in [3.63, 3.8) is 0 Å². The van der Waals surface area contributed by atoms with Gasteiger partial charge in [-0.2, -0.15) is 10.4 Å². The van der Waals surface area contributed by atoms with Crippen LogP contribution in [0, 0.1) is 25.2 Å². The molecule has 1 aromatic carbocycles. The highest BCUT2D eigenvalue weighted by molar-refractivity contribution is 7.12. The van der Waals surface area contributed by atoms with Gasteiger partial charge in [0.2, 0.25) is 0 Å². The highest BCUT2D eigenvalue weighted by Gasteiger charge is 2.24. The molecular formula is C27H29N5O2S. The molecule has 8 heteroatoms. The van der Waals surface area contributed by atoms with Crippen LogP contribution in [-0.2, 0) is 11.3 Å². The Kier molecular flexibility index (Phi) is 7.29. The van der Waals surface area contributed by atoms with E-state index in [1.807, 2.05) is 22.9 Å². The maximum atomic E-state index is 14.0. The van der Waals surface area contributed by atoms with Gasteiger partial charge in [-0.15, -0.1) is 11.3 Å². The summed E-state index contributed by atoms with van der Waals surface area (Å²) in [5.74, 6) is -0.104. The number of nitriles is 1. The number of ether oxygens (including phenoxy) is 1. The molecular weight excluding hydrogens is 458 g/mol. The predicted octanol–water partition coefficient (Wildman–Crippen LogP) is 5.52. The summed E-state index contributed by atoms with van der Waals surface area (Å²) in [4.78, 5) is 23.1. The lowest BCUT2D eigenvalue weighted by molar-refractivity contribution is 0.0682. The number of carbonyl (C=O) groups excluding carboxylic acids is 1. The van der Waals surface area contributed by atoms with E-state index in [1.165, 1.54) is 4.88 Å². The standard InChI is InChI=1S/C27H29N5O2S/c1-17(2)32-26-24(15-29-32)23(13-25(30-26)22-12-18(3)35-19(22)4)27(33)31(10-11-34-5)16-21-8-6-20(14-28)7-9-21/h6-9,12-13,15,17H,10-11,16H2,1-5H3. The van der Waals surface area contributed by atoms with Crippen molar-refractivity contribution in [3.05, 3.63) is 69.0 Å². The number of benzene rings is 1. The second-order valence-corrected chi connectivity index (χ2v) is 10.3. The minimum Gasteiger partial charge on any atom is -0.383 e. The van der Waals surface area contributed by atoms with Gasteiger partial charge in [0.25, 0.3) is 5.91 Å². The lowest BCUT2D eigenvalue weighted by Crippen LogP contribution is -2.33. The van der Waals surface area contributed by atoms with E-state index in [2.05, 4.69) is 44.9 Å². The van der Waals surface area contributed by atoms with Crippen molar-refractivity contribution in [2.75, 3.05) is 20.3 Å². The molecule has 1 amide bonds. The zero-order valence-electron chi connectivity index (χ0n) is 20.7. The minimum atomic E-state index is -0.104. The first-order chi connectivity index (χ1) is 16.8. The number of methoxy groups -OCH3 is 1. The Bertz CT molecular complexity index is 1400. The number of pyridine rings is 1. The van der Waals surface area contributed by atoms with Gasteiger partial charge in [0.05, 0.1) is 41.1 Å². The molecule has 4 rings (SSSR count). The third-order valence-electron chi connectivity index (χ3n) is 5.91. The summed E-state index contributed by atoms with van der Waals surface area (Å²) in [7, 11) is 1.63. The normalized spacial score (nSPS) is 11.2. The lowest BCUT2D eigenvalue weighted by atomic mass is 10.1. The van der Waals surface area contributed by atoms with Crippen LogP contribution in [0.2, 0.25) is 0 Å². The fourth-order valence-electron chi connectivity index (χ4n) is 4.13. The molecule has 180 valence electrons. The van der Waals surface area contributed by atoms with Crippen LogP contribution in [0.4, 0.5) is 0 Å². The van der Waals surface area contributed by atoms with Crippen LogP contribution >= 0.6 is 11.3 Å². The molecule has 0 aliphatic carbocycles. The number of rotatable bonds is 8. The Morgan fingerprint density at radius 1 is 1.23 bits per heavy atom. The van der Waals surface area contributed by atoms with Gasteiger partial charge in [-0.3, -0.25) is 4.79 Å². The average molecular weight is 488 g/mol. The molecule has 0 spiro atoms. The van der Waals surface area contributed by atoms with E-state index in [0.29, 0.717) is 36.5 Å². The Hall–Kier alpha value is -3.54. The number of fused-ring (bicyclic) bond motifs is 1. The Morgan fingerprint density at radius 2 is 1.97 bits per heavy atom. The molecule has 0 unspecified atom stereocenters. The third kappa shape index (κ3) is 5.11. The topological polar surface area (TPSA) is 84.0 Å². The molecule has 35 heavy (non-hydrogen) atoms. The van der Waals surface area contributed by atoms with Crippen molar-refractivity contribution in [1.29, 1.82) is 5.26 Å². The Balaban J connectivity index is 1.82. The van der Waals surface area contributed by atoms with Gasteiger partial charge in [0, 0.05) is 41.6 Å². The SMILES string of the molecule is COCCN(Cc1ccc(C#N)cc1)C(=O)c1cc(-c2cc(C)sc2C)nc2c1cnn2C(C)C. The van der Waals surface area contributed by atoms with Crippen molar-refractivity contribution < 1.29 is 9.53 Å². The van der Waals surface area contributed by atoms with E-state index in [1.54, 1.807) is 41.7 Å². The number of aryl methyl sites for hydroxylation is 2. The van der Waals surface area contributed by atoms with Gasteiger partial charge in [-0.25, -0.2) is 9.67 Å². The number of hydrogen-bond acceptors (Lipinski definition) is 6. The van der Waals surface area contributed by atoms with Crippen LogP contribution in [0.25, 0.3) is 22.3 Å². The molecule has 0 bridgehead atoms. The number of amides is 1. The summed E-state index contributed by atoms with van der Waals surface area (Å²) in [6.07, 6.45) is 1.74. The first kappa shape index (κ1) is 24.6. The Labute approximate surface area is 209 Å². The van der Waals surface area contributed by atoms with Gasteiger partial charge in [0.1, 0.15) is 0 Å². The average Bonchev–Trinajstić information content (AvgIpc) is 3.43. The monoisotopic (exact) mass is 487 g/mol. The smallest absolute Gasteiger partial charge is 0.255 e. The fraction of sp³-hybridized carbons (Fsp3) is 0.333. The van der Waals surface area contributed by atoms with E-state index in [0.717, 1.165) is 27.1 Å². The maximum Gasteiger partial charge on any atom is 0.255 e. The van der Waals surface area contributed by atoms with Gasteiger partial charge in [-0.05, 0) is 57.5 Å². The molecule has 0 atom stereocenters. The van der Waals surface area contributed by atoms with Gasteiger partial charge >= 0.3 is 0 Å².